The van der Waals surface area contributed by atoms with Gasteiger partial charge in [-0.2, -0.15) is 37.0 Å². The molecule has 0 saturated heterocycles. The molecule has 0 saturated carbocycles. The molecule has 21 heteroatoms. The average Bonchev–Trinajstić information content (AvgIpc) is 3.14. The second-order valence-electron chi connectivity index (χ2n) is 13.0. The van der Waals surface area contributed by atoms with E-state index in [1.165, 1.54) is 43.0 Å². The van der Waals surface area contributed by atoms with Crippen LogP contribution in [0.5, 0.6) is 5.75 Å². The van der Waals surface area contributed by atoms with Crippen LogP contribution in [0, 0.1) is 5.92 Å². The molecule has 0 aliphatic heterocycles. The van der Waals surface area contributed by atoms with Crippen molar-refractivity contribution >= 4 is 78.4 Å². The summed E-state index contributed by atoms with van der Waals surface area (Å²) in [4.78, 5) is 91.4. The molecular weight excluding hydrogens is 779 g/mol. The minimum atomic E-state index is -1.68. The Bertz CT molecular complexity index is 1460. The Morgan fingerprint density at radius 1 is 0.691 bits per heavy atom. The Hall–Kier alpha value is -3.76. The number of carbonyl (C=O) groups excluding carboxylic acids is 6. The van der Waals surface area contributed by atoms with Gasteiger partial charge in [-0.1, -0.05) is 32.4 Å². The number of benzene rings is 1. The number of carboxylic acids is 1. The number of carboxylic acid groups (broad SMARTS) is 1. The Labute approximate surface area is 335 Å². The van der Waals surface area contributed by atoms with Gasteiger partial charge in [0.1, 0.15) is 42.0 Å². The van der Waals surface area contributed by atoms with Gasteiger partial charge in [0.25, 0.3) is 0 Å². The van der Waals surface area contributed by atoms with Crippen molar-refractivity contribution in [3.05, 3.63) is 29.8 Å². The highest BCUT2D eigenvalue weighted by Crippen LogP contribution is 2.14. The first-order chi connectivity index (χ1) is 25.8. The third-order valence-corrected chi connectivity index (χ3v) is 9.92. The second-order valence-corrected chi connectivity index (χ2v) is 14.7. The van der Waals surface area contributed by atoms with Crippen molar-refractivity contribution in [3.63, 3.8) is 0 Å². The van der Waals surface area contributed by atoms with Gasteiger partial charge < -0.3 is 58.1 Å². The van der Waals surface area contributed by atoms with Crippen LogP contribution in [0.1, 0.15) is 46.1 Å². The molecule has 0 heterocycles. The molecular formula is C34H55N7O11S3. The number of aromatic hydroxyl groups is 1. The van der Waals surface area contributed by atoms with Crippen LogP contribution >= 0.6 is 37.0 Å². The maximum atomic E-state index is 13.9. The number of phenolic OH excluding ortho intramolecular Hbond substituents is 1. The van der Waals surface area contributed by atoms with E-state index in [4.69, 9.17) is 5.73 Å². The van der Waals surface area contributed by atoms with Crippen LogP contribution in [0.4, 0.5) is 0 Å². The van der Waals surface area contributed by atoms with Crippen LogP contribution in [0.2, 0.25) is 0 Å². The maximum absolute atomic E-state index is 13.9. The topological polar surface area (TPSA) is 299 Å². The Morgan fingerprint density at radius 2 is 1.15 bits per heavy atom. The highest BCUT2D eigenvalue weighted by Gasteiger charge is 2.35. The summed E-state index contributed by atoms with van der Waals surface area (Å²) in [5, 5.41) is 53.5. The molecule has 0 aromatic heterocycles. The first-order valence-electron chi connectivity index (χ1n) is 17.5. The number of aliphatic carboxylic acids is 1. The van der Waals surface area contributed by atoms with Gasteiger partial charge in [0.15, 0.2) is 6.04 Å². The van der Waals surface area contributed by atoms with Gasteiger partial charge in [-0.3, -0.25) is 28.8 Å². The molecule has 6 amide bonds. The van der Waals surface area contributed by atoms with E-state index in [1.54, 1.807) is 20.1 Å². The summed E-state index contributed by atoms with van der Waals surface area (Å²) in [6, 6.07) is -3.66. The molecule has 18 nitrogen and oxygen atoms in total. The first kappa shape index (κ1) is 49.3. The standard InChI is InChI=1S/C34H55N7O11S3/c1-6-16(2)26(40-30(47)23(14-53)38-28(45)21(11-12-55-5)36-32(49)25(35)17(3)42)33(50)37-22(13-19-7-9-20(44)10-8-19)29(46)39-24(15-54)31(48)41-27(18(4)43)34(51)52/h7-10,16-18,21-27,42-44,53-54H,6,11-15,35H2,1-5H3,(H,36,49)(H,37,50)(H,38,45)(H,39,46)(H,40,47)(H,41,48)(H,51,52)/t16-,17+,18+,21-,22-,23-,24-,25-,26-,27-/m0/s1. The molecule has 0 aliphatic rings. The fourth-order valence-corrected chi connectivity index (χ4v) is 5.85. The summed E-state index contributed by atoms with van der Waals surface area (Å²) in [5.74, 6) is -7.05. The normalized spacial score (nSPS) is 16.6. The van der Waals surface area contributed by atoms with Gasteiger partial charge >= 0.3 is 5.97 Å². The van der Waals surface area contributed by atoms with Crippen molar-refractivity contribution in [1.82, 2.24) is 31.9 Å². The SMILES string of the molecule is CC[C@H](C)[C@H](NC(=O)[C@H](CS)NC(=O)[C@H](CCSC)NC(=O)[C@@H](N)[C@@H](C)O)C(=O)N[C@@H](Cc1ccc(O)cc1)C(=O)N[C@@H](CS)C(=O)N[C@H](C(=O)O)[C@@H](C)O. The summed E-state index contributed by atoms with van der Waals surface area (Å²) >= 11 is 9.73. The van der Waals surface area contributed by atoms with Crippen LogP contribution in [-0.4, -0.2) is 140 Å². The van der Waals surface area contributed by atoms with E-state index in [9.17, 15) is 54.0 Å². The number of nitrogens with one attached hydrogen (secondary N) is 6. The number of phenols is 1. The smallest absolute Gasteiger partial charge is 0.328 e. The minimum absolute atomic E-state index is 0.0571. The zero-order valence-corrected chi connectivity index (χ0v) is 34.0. The molecule has 55 heavy (non-hydrogen) atoms. The largest absolute Gasteiger partial charge is 0.508 e. The third kappa shape index (κ3) is 16.5. The fourth-order valence-electron chi connectivity index (χ4n) is 4.86. The van der Waals surface area contributed by atoms with Crippen molar-refractivity contribution in [2.45, 2.75) is 101 Å². The molecule has 0 radical (unpaired) electrons. The number of aliphatic hydroxyl groups is 2. The van der Waals surface area contributed by atoms with Crippen LogP contribution in [0.15, 0.2) is 24.3 Å². The third-order valence-electron chi connectivity index (χ3n) is 8.55. The highest BCUT2D eigenvalue weighted by atomic mass is 32.2. The minimum Gasteiger partial charge on any atom is -0.508 e. The molecule has 1 aromatic carbocycles. The molecule has 10 atom stereocenters. The predicted octanol–water partition coefficient (Wildman–Crippen LogP) is -2.32. The van der Waals surface area contributed by atoms with Crippen LogP contribution in [0.25, 0.3) is 0 Å². The van der Waals surface area contributed by atoms with E-state index in [0.717, 1.165) is 6.92 Å². The fraction of sp³-hybridized carbons (Fsp3) is 0.618. The molecule has 0 bridgehead atoms. The van der Waals surface area contributed by atoms with Crippen molar-refractivity contribution < 1.29 is 54.0 Å². The molecule has 0 fully saturated rings. The van der Waals surface area contributed by atoms with Crippen LogP contribution < -0.4 is 37.6 Å². The van der Waals surface area contributed by atoms with Crippen molar-refractivity contribution in [1.29, 1.82) is 0 Å². The second kappa shape index (κ2) is 24.7. The lowest BCUT2D eigenvalue weighted by Crippen LogP contribution is -2.62. The Morgan fingerprint density at radius 3 is 1.58 bits per heavy atom. The summed E-state index contributed by atoms with van der Waals surface area (Å²) in [6.07, 6.45) is -0.454. The molecule has 310 valence electrons. The van der Waals surface area contributed by atoms with Gasteiger partial charge in [0.05, 0.1) is 12.2 Å². The number of aliphatic hydroxyl groups excluding tert-OH is 2. The summed E-state index contributed by atoms with van der Waals surface area (Å²) in [5.41, 5.74) is 6.21. The van der Waals surface area contributed by atoms with Gasteiger partial charge in [-0.05, 0) is 55.9 Å². The van der Waals surface area contributed by atoms with E-state index in [2.05, 4.69) is 57.2 Å². The number of rotatable bonds is 24. The number of hydrogen-bond donors (Lipinski definition) is 13. The monoisotopic (exact) mass is 833 g/mol. The number of hydrogen-bond acceptors (Lipinski definition) is 14. The molecule has 1 rings (SSSR count). The van der Waals surface area contributed by atoms with Gasteiger partial charge in [0.2, 0.25) is 35.4 Å². The lowest BCUT2D eigenvalue weighted by Gasteiger charge is -2.29. The molecule has 0 unspecified atom stereocenters. The zero-order valence-electron chi connectivity index (χ0n) is 31.4. The van der Waals surface area contributed by atoms with E-state index in [0.29, 0.717) is 17.7 Å². The summed E-state index contributed by atoms with van der Waals surface area (Å²) in [7, 11) is 0. The van der Waals surface area contributed by atoms with E-state index in [1.807, 2.05) is 0 Å². The summed E-state index contributed by atoms with van der Waals surface area (Å²) < 4.78 is 0. The Kier molecular flexibility index (Phi) is 22.1. The van der Waals surface area contributed by atoms with Crippen molar-refractivity contribution in [3.8, 4) is 5.75 Å². The van der Waals surface area contributed by atoms with Gasteiger partial charge in [-0.15, -0.1) is 0 Å². The lowest BCUT2D eigenvalue weighted by molar-refractivity contribution is -0.145. The number of nitrogens with two attached hydrogens (primary N) is 1. The quantitative estimate of drug-likeness (QED) is 0.0488. The number of thioether (sulfide) groups is 1. The molecule has 12 N–H and O–H groups in total. The molecule has 1 aromatic rings. The van der Waals surface area contributed by atoms with Gasteiger partial charge in [0, 0.05) is 17.9 Å². The predicted molar refractivity (Wildman–Crippen MR) is 213 cm³/mol. The van der Waals surface area contributed by atoms with E-state index >= 15 is 0 Å². The summed E-state index contributed by atoms with van der Waals surface area (Å²) in [6.45, 7) is 5.93. The number of thiol groups is 2. The zero-order chi connectivity index (χ0) is 42.0. The van der Waals surface area contributed by atoms with Crippen molar-refractivity contribution in [2.24, 2.45) is 11.7 Å². The van der Waals surface area contributed by atoms with Crippen LogP contribution in [-0.2, 0) is 40.0 Å². The first-order valence-corrected chi connectivity index (χ1v) is 20.1. The van der Waals surface area contributed by atoms with E-state index < -0.39 is 102 Å². The molecule has 0 spiro atoms. The maximum Gasteiger partial charge on any atom is 0.328 e. The van der Waals surface area contributed by atoms with Crippen LogP contribution in [0.3, 0.4) is 0 Å². The number of amides is 6. The lowest BCUT2D eigenvalue weighted by atomic mass is 9.96. The van der Waals surface area contributed by atoms with Crippen molar-refractivity contribution in [2.75, 3.05) is 23.5 Å². The van der Waals surface area contributed by atoms with Gasteiger partial charge in [-0.25, -0.2) is 4.79 Å². The number of carbonyl (C=O) groups is 7. The van der Waals surface area contributed by atoms with E-state index in [-0.39, 0.29) is 30.1 Å². The highest BCUT2D eigenvalue weighted by molar-refractivity contribution is 7.98. The average molecular weight is 834 g/mol. The Balaban J connectivity index is 3.32. The molecule has 0 aliphatic carbocycles.